The second kappa shape index (κ2) is 29.2. The van der Waals surface area contributed by atoms with Crippen molar-refractivity contribution in [2.75, 3.05) is 0 Å². The Morgan fingerprint density at radius 2 is 0.750 bits per heavy atom. The van der Waals surface area contributed by atoms with E-state index in [2.05, 4.69) is 374 Å². The van der Waals surface area contributed by atoms with Crippen molar-refractivity contribution < 1.29 is 18.3 Å². The summed E-state index contributed by atoms with van der Waals surface area (Å²) >= 11 is 0. The third kappa shape index (κ3) is 13.4. The molecule has 4 nitrogen and oxygen atoms in total. The van der Waals surface area contributed by atoms with Gasteiger partial charge in [-0.3, -0.25) is 0 Å². The van der Waals surface area contributed by atoms with Crippen molar-refractivity contribution in [1.82, 2.24) is 0 Å². The lowest BCUT2D eigenvalue weighted by Crippen LogP contribution is -2.37. The fourth-order valence-electron chi connectivity index (χ4n) is 20.1. The second-order valence-corrected chi connectivity index (χ2v) is 35.0. The molecule has 21 rings (SSSR count). The van der Waals surface area contributed by atoms with E-state index in [1.165, 1.54) is 237 Å². The average Bonchev–Trinajstić information content (AvgIpc) is 1.55. The van der Waals surface area contributed by atoms with Gasteiger partial charge in [0.15, 0.2) is 24.8 Å². The van der Waals surface area contributed by atoms with Crippen LogP contribution in [0.1, 0.15) is 156 Å². The van der Waals surface area contributed by atoms with Crippen molar-refractivity contribution in [1.29, 1.82) is 0 Å². The van der Waals surface area contributed by atoms with Gasteiger partial charge in [0.25, 0.3) is 0 Å². The van der Waals surface area contributed by atoms with Gasteiger partial charge in [-0.2, -0.15) is 0 Å². The molecule has 0 radical (unpaired) electrons. The summed E-state index contributed by atoms with van der Waals surface area (Å²) in [6, 6.07) is 78.7. The van der Waals surface area contributed by atoms with E-state index in [0.29, 0.717) is 0 Å². The zero-order valence-electron chi connectivity index (χ0n) is 69.1. The summed E-state index contributed by atoms with van der Waals surface area (Å²) < 4.78 is 9.30. The Kier molecular flexibility index (Phi) is 19.2. The number of aromatic nitrogens is 4. The molecule has 10 aromatic carbocycles. The van der Waals surface area contributed by atoms with Crippen molar-refractivity contribution in [2.24, 2.45) is 39.5 Å². The van der Waals surface area contributed by atoms with E-state index in [1.54, 1.807) is 11.1 Å². The summed E-state index contributed by atoms with van der Waals surface area (Å²) in [6.07, 6.45) is 18.6. The number of hydrogen-bond acceptors (Lipinski definition) is 0. The first-order valence-corrected chi connectivity index (χ1v) is 40.9. The van der Waals surface area contributed by atoms with Crippen LogP contribution in [-0.4, -0.2) is 0 Å². The molecule has 4 heterocycles. The highest BCUT2D eigenvalue weighted by Crippen LogP contribution is 2.52. The van der Waals surface area contributed by atoms with Gasteiger partial charge < -0.3 is 0 Å². The standard InChI is InChI=1S/C31H32N.C28H26N.C25H24N.C24H26N/c1-21-15-16-26-25-14-10-9-13-23(25)17-27(26)30(21)29-18-24(19-31(2,3)4)28(20-32(29)5)22-11-7-6-8-12-22;1-18-9-8-12-22-23-14-13-19(2)28(25(23)16-24(18)22)27-15-20(3)26(17-29(27)4)21-10-6-5-7-11-21;1-15-7-8-21-20-6-4-3-5-17(20)12-23(21)25(15)24-13-22-18-9-16(10-18)11-19(22)14-26(24)2;1-14-7-8-19-12-21-23(20(19)9-14)16(3)10-17(4)24(21)22-11-15(2)18(5)13-25(22)6/h6-16,18,20H,17,19H2,1-5H3;5-15,17H,16H2,1-4H3;3-8,13-14,16,18H,9-12H2,1-2H3;7-11,13H,12H2,1-6H3/q4*+1. The molecular weight excluding hydrogens is 1350 g/mol. The zero-order valence-corrected chi connectivity index (χ0v) is 69.1. The van der Waals surface area contributed by atoms with Gasteiger partial charge in [-0.15, -0.1) is 0 Å². The number of hydrogen-bond donors (Lipinski definition) is 0. The first-order chi connectivity index (χ1) is 53.9. The predicted molar refractivity (Wildman–Crippen MR) is 466 cm³/mol. The highest BCUT2D eigenvalue weighted by molar-refractivity contribution is 5.90. The highest BCUT2D eigenvalue weighted by atomic mass is 14.9. The van der Waals surface area contributed by atoms with E-state index in [4.69, 9.17) is 0 Å². The topological polar surface area (TPSA) is 15.5 Å². The molecule has 14 aromatic rings. The SMILES string of the molecule is Cc1cc(-c2c(C)ccc3c2Cc2c(C)cccc2-3)[n+](C)cc1-c1ccccc1.Cc1ccc2c(c1)-c1c(C)cc(C)c(-c3cc(C)c(C)c[n+]3C)c1C2.Cc1ccc2c(c1-c1cc(CC(C)(C)C)c(-c3ccccc3)c[n+]1C)Cc1ccccc1-2.Cc1ccc2c(c1-c1cc3c(c[n+]1C)CC1CC3C1)Cc1ccccc1-2. The van der Waals surface area contributed by atoms with Crippen molar-refractivity contribution >= 4 is 0 Å². The van der Waals surface area contributed by atoms with Crippen LogP contribution in [0, 0.1) is 80.6 Å². The van der Waals surface area contributed by atoms with Crippen LogP contribution in [0.2, 0.25) is 0 Å². The number of nitrogens with zero attached hydrogens (tertiary/aromatic N) is 4. The van der Waals surface area contributed by atoms with E-state index in [1.807, 2.05) is 0 Å². The molecule has 1 saturated carbocycles. The van der Waals surface area contributed by atoms with Gasteiger partial charge in [-0.1, -0.05) is 214 Å². The average molecular weight is 1460 g/mol. The number of rotatable bonds is 7. The summed E-state index contributed by atoms with van der Waals surface area (Å²) in [5, 5.41) is 0. The van der Waals surface area contributed by atoms with Gasteiger partial charge in [0.2, 0.25) is 22.8 Å². The Morgan fingerprint density at radius 3 is 1.35 bits per heavy atom. The minimum Gasteiger partial charge on any atom is -0.201 e. The third-order valence-electron chi connectivity index (χ3n) is 25.8. The predicted octanol–water partition coefficient (Wildman–Crippen LogP) is 24.1. The van der Waals surface area contributed by atoms with E-state index in [9.17, 15) is 0 Å². The Balaban J connectivity index is 0.000000109. The van der Waals surface area contributed by atoms with Gasteiger partial charge in [-0.25, -0.2) is 18.3 Å². The molecule has 0 spiro atoms. The smallest absolute Gasteiger partial charge is 0.201 e. The van der Waals surface area contributed by atoms with Crippen LogP contribution in [0.3, 0.4) is 0 Å². The van der Waals surface area contributed by atoms with Gasteiger partial charge in [-0.05, 0) is 294 Å². The van der Waals surface area contributed by atoms with Crippen molar-refractivity contribution in [3.63, 3.8) is 0 Å². The van der Waals surface area contributed by atoms with Crippen LogP contribution in [0.15, 0.2) is 237 Å². The maximum absolute atomic E-state index is 2.53. The molecule has 1 fully saturated rings. The minimum absolute atomic E-state index is 0.213. The summed E-state index contributed by atoms with van der Waals surface area (Å²) in [5.41, 5.74) is 57.8. The monoisotopic (exact) mass is 1460 g/mol. The number of aryl methyl sites for hydroxylation is 14. The molecule has 0 aliphatic heterocycles. The normalized spacial score (nSPS) is 14.4. The molecule has 0 unspecified atom stereocenters. The first kappa shape index (κ1) is 73.6. The molecule has 4 heteroatoms. The Hall–Kier alpha value is -11.2. The maximum Gasteiger partial charge on any atom is 0.213 e. The number of pyridine rings is 4. The maximum atomic E-state index is 2.53. The van der Waals surface area contributed by atoms with E-state index < -0.39 is 0 Å². The zero-order chi connectivity index (χ0) is 77.9. The summed E-state index contributed by atoms with van der Waals surface area (Å²) in [6.45, 7) is 29.3. The third-order valence-corrected chi connectivity index (χ3v) is 25.8. The number of benzene rings is 10. The lowest BCUT2D eigenvalue weighted by Gasteiger charge is -2.41. The molecule has 4 aromatic heterocycles. The van der Waals surface area contributed by atoms with Crippen LogP contribution < -0.4 is 18.3 Å². The van der Waals surface area contributed by atoms with Crippen LogP contribution >= 0.6 is 0 Å². The molecule has 0 atom stereocenters. The Labute approximate surface area is 666 Å². The van der Waals surface area contributed by atoms with Gasteiger partial charge in [0.05, 0.1) is 22.3 Å². The molecule has 0 saturated heterocycles. The van der Waals surface area contributed by atoms with Crippen molar-refractivity contribution in [3.05, 3.63) is 354 Å². The second-order valence-electron chi connectivity index (χ2n) is 35.0. The molecule has 0 amide bonds. The molecule has 7 aliphatic rings. The molecule has 2 bridgehead atoms. The summed E-state index contributed by atoms with van der Waals surface area (Å²) in [7, 11) is 8.77. The van der Waals surface area contributed by atoms with Crippen LogP contribution in [0.5, 0.6) is 0 Å². The van der Waals surface area contributed by atoms with Gasteiger partial charge in [0.1, 0.15) is 28.2 Å². The van der Waals surface area contributed by atoms with E-state index >= 15 is 0 Å². The number of fused-ring (bicyclic) bond motifs is 12. The molecule has 112 heavy (non-hydrogen) atoms. The quantitative estimate of drug-likeness (QED) is 0.141. The van der Waals surface area contributed by atoms with Crippen LogP contribution in [-0.2, 0) is 66.7 Å². The van der Waals surface area contributed by atoms with Crippen molar-refractivity contribution in [2.45, 2.75) is 147 Å². The summed E-state index contributed by atoms with van der Waals surface area (Å²) in [4.78, 5) is 0. The van der Waals surface area contributed by atoms with E-state index in [-0.39, 0.29) is 5.41 Å². The van der Waals surface area contributed by atoms with Crippen molar-refractivity contribution in [3.8, 4) is 112 Å². The lowest BCUT2D eigenvalue weighted by molar-refractivity contribution is -0.661. The minimum atomic E-state index is 0.213. The van der Waals surface area contributed by atoms with E-state index in [0.717, 1.165) is 43.9 Å². The molecule has 556 valence electrons. The van der Waals surface area contributed by atoms with Gasteiger partial charge >= 0.3 is 0 Å². The largest absolute Gasteiger partial charge is 0.213 e. The fraction of sp³-hybridized carbons (Fsp3) is 0.259. The Morgan fingerprint density at radius 1 is 0.295 bits per heavy atom. The van der Waals surface area contributed by atoms with Crippen LogP contribution in [0.25, 0.3) is 112 Å². The molecular formula is C108H108N4+4. The summed E-state index contributed by atoms with van der Waals surface area (Å²) in [5.74, 6) is 1.77. The Bertz CT molecular complexity index is 6150. The highest BCUT2D eigenvalue weighted by Gasteiger charge is 2.40. The lowest BCUT2D eigenvalue weighted by atomic mass is 9.63. The first-order valence-electron chi connectivity index (χ1n) is 40.9. The molecule has 0 N–H and O–H groups in total. The van der Waals surface area contributed by atoms with Gasteiger partial charge in [0, 0.05) is 46.5 Å². The van der Waals surface area contributed by atoms with Crippen LogP contribution in [0.4, 0.5) is 0 Å². The molecule has 7 aliphatic carbocycles. The fourth-order valence-corrected chi connectivity index (χ4v) is 20.1.